The number of sulfonamides is 1. The van der Waals surface area contributed by atoms with Gasteiger partial charge in [-0.3, -0.25) is 19.1 Å². The molecule has 14 nitrogen and oxygen atoms in total. The van der Waals surface area contributed by atoms with Crippen LogP contribution in [-0.4, -0.2) is 91.7 Å². The van der Waals surface area contributed by atoms with E-state index in [1.54, 1.807) is 30.1 Å². The van der Waals surface area contributed by atoms with Crippen molar-refractivity contribution >= 4 is 27.0 Å². The average Bonchev–Trinajstić information content (AvgIpc) is 3.56. The molecule has 15 heteroatoms. The number of rotatable bonds is 11. The van der Waals surface area contributed by atoms with Gasteiger partial charge in [-0.25, -0.2) is 18.4 Å². The molecular weight excluding hydrogens is 574 g/mol. The summed E-state index contributed by atoms with van der Waals surface area (Å²) in [7, 11) is -0.481. The van der Waals surface area contributed by atoms with Crippen LogP contribution in [0.25, 0.3) is 28.4 Å². The van der Waals surface area contributed by atoms with E-state index in [2.05, 4.69) is 4.98 Å². The van der Waals surface area contributed by atoms with Gasteiger partial charge in [-0.1, -0.05) is 20.3 Å². The van der Waals surface area contributed by atoms with Crippen molar-refractivity contribution in [2.75, 3.05) is 39.3 Å². The molecule has 4 aromatic rings. The number of imidazole rings is 1. The molecule has 0 bridgehead atoms. The SMILES string of the molecule is CCCOc1ccc(S(=O)(=O)N2CCN(CC(N)=O)CC2)cc1-c1nc2c(CCC)nn(-c3nccn3C)c2c(=O)n1C. The van der Waals surface area contributed by atoms with Crippen LogP contribution in [-0.2, 0) is 35.3 Å². The lowest BCUT2D eigenvalue weighted by Gasteiger charge is -2.33. The van der Waals surface area contributed by atoms with Gasteiger partial charge in [0.05, 0.1) is 29.3 Å². The molecule has 0 aliphatic carbocycles. The van der Waals surface area contributed by atoms with E-state index in [1.807, 2.05) is 25.8 Å². The molecule has 1 amide bonds. The number of hydrogen-bond acceptors (Lipinski definition) is 9. The zero-order chi connectivity index (χ0) is 30.9. The second kappa shape index (κ2) is 12.3. The van der Waals surface area contributed by atoms with E-state index in [0.717, 1.165) is 12.8 Å². The summed E-state index contributed by atoms with van der Waals surface area (Å²) in [6.07, 6.45) is 5.51. The van der Waals surface area contributed by atoms with Gasteiger partial charge in [0.2, 0.25) is 21.9 Å². The molecule has 1 fully saturated rings. The van der Waals surface area contributed by atoms with Crippen LogP contribution < -0.4 is 16.0 Å². The Balaban J connectivity index is 1.64. The van der Waals surface area contributed by atoms with Crippen LogP contribution in [0.3, 0.4) is 0 Å². The second-order valence-electron chi connectivity index (χ2n) is 10.6. The van der Waals surface area contributed by atoms with Gasteiger partial charge in [-0.2, -0.15) is 14.1 Å². The largest absolute Gasteiger partial charge is 0.493 e. The summed E-state index contributed by atoms with van der Waals surface area (Å²) in [6, 6.07) is 4.64. The molecule has 0 radical (unpaired) electrons. The highest BCUT2D eigenvalue weighted by Gasteiger charge is 2.31. The average molecular weight is 612 g/mol. The second-order valence-corrected chi connectivity index (χ2v) is 12.5. The fourth-order valence-corrected chi connectivity index (χ4v) is 6.68. The number of nitrogens with zero attached hydrogens (tertiary/aromatic N) is 8. The van der Waals surface area contributed by atoms with Crippen LogP contribution in [0.1, 0.15) is 32.4 Å². The number of aromatic nitrogens is 6. The van der Waals surface area contributed by atoms with Crippen LogP contribution in [0.5, 0.6) is 5.75 Å². The van der Waals surface area contributed by atoms with Crippen molar-refractivity contribution in [2.45, 2.75) is 38.0 Å². The maximum absolute atomic E-state index is 13.9. The lowest BCUT2D eigenvalue weighted by molar-refractivity contribution is -0.119. The number of piperazine rings is 1. The molecule has 1 saturated heterocycles. The molecule has 5 rings (SSSR count). The Morgan fingerprint density at radius 1 is 1.09 bits per heavy atom. The topological polar surface area (TPSA) is 163 Å². The summed E-state index contributed by atoms with van der Waals surface area (Å²) in [5.41, 5.74) is 6.71. The molecule has 0 saturated carbocycles. The van der Waals surface area contributed by atoms with E-state index in [4.69, 9.17) is 20.6 Å². The minimum absolute atomic E-state index is 0.0570. The first-order valence-electron chi connectivity index (χ1n) is 14.3. The lowest BCUT2D eigenvalue weighted by atomic mass is 10.1. The van der Waals surface area contributed by atoms with Gasteiger partial charge in [-0.15, -0.1) is 0 Å². The maximum Gasteiger partial charge on any atom is 0.280 e. The molecule has 0 atom stereocenters. The van der Waals surface area contributed by atoms with E-state index in [9.17, 15) is 18.0 Å². The predicted molar refractivity (Wildman–Crippen MR) is 160 cm³/mol. The molecule has 0 spiro atoms. The van der Waals surface area contributed by atoms with Crippen LogP contribution in [0.2, 0.25) is 0 Å². The van der Waals surface area contributed by atoms with Crippen LogP contribution in [0.4, 0.5) is 0 Å². The summed E-state index contributed by atoms with van der Waals surface area (Å²) >= 11 is 0. The molecule has 43 heavy (non-hydrogen) atoms. The first-order chi connectivity index (χ1) is 20.6. The van der Waals surface area contributed by atoms with Gasteiger partial charge < -0.3 is 15.0 Å². The van der Waals surface area contributed by atoms with E-state index in [0.29, 0.717) is 54.6 Å². The third-order valence-electron chi connectivity index (χ3n) is 7.45. The summed E-state index contributed by atoms with van der Waals surface area (Å²) in [5, 5.41) is 4.72. The van der Waals surface area contributed by atoms with Crippen molar-refractivity contribution < 1.29 is 17.9 Å². The summed E-state index contributed by atoms with van der Waals surface area (Å²) in [5.74, 6) is 0.715. The Hall–Kier alpha value is -4.08. The Bertz CT molecular complexity index is 1820. The molecule has 3 aromatic heterocycles. The fourth-order valence-electron chi connectivity index (χ4n) is 5.23. The van der Waals surface area contributed by atoms with Crippen molar-refractivity contribution in [3.63, 3.8) is 0 Å². The first-order valence-corrected chi connectivity index (χ1v) is 15.7. The minimum atomic E-state index is -3.90. The summed E-state index contributed by atoms with van der Waals surface area (Å²) < 4.78 is 39.6. The van der Waals surface area contributed by atoms with Crippen LogP contribution >= 0.6 is 0 Å². The molecule has 2 N–H and O–H groups in total. The molecule has 1 aliphatic heterocycles. The molecule has 4 heterocycles. The zero-order valence-corrected chi connectivity index (χ0v) is 25.7. The van der Waals surface area contributed by atoms with Crippen molar-refractivity contribution in [3.8, 4) is 23.1 Å². The van der Waals surface area contributed by atoms with Crippen LogP contribution in [0, 0.1) is 0 Å². The predicted octanol–water partition coefficient (Wildman–Crippen LogP) is 1.05. The molecule has 1 aliphatic rings. The third-order valence-corrected chi connectivity index (χ3v) is 9.34. The van der Waals surface area contributed by atoms with E-state index >= 15 is 0 Å². The van der Waals surface area contributed by atoms with E-state index in [1.165, 1.54) is 25.7 Å². The highest BCUT2D eigenvalue weighted by molar-refractivity contribution is 7.89. The Morgan fingerprint density at radius 2 is 1.84 bits per heavy atom. The van der Waals surface area contributed by atoms with Gasteiger partial charge in [0.25, 0.3) is 5.56 Å². The normalized spacial score (nSPS) is 14.9. The number of benzene rings is 1. The number of carbonyl (C=O) groups excluding carboxylic acids is 1. The first kappa shape index (κ1) is 30.4. The highest BCUT2D eigenvalue weighted by Crippen LogP contribution is 2.33. The quantitative estimate of drug-likeness (QED) is 0.261. The lowest BCUT2D eigenvalue weighted by Crippen LogP contribution is -2.50. The van der Waals surface area contributed by atoms with E-state index < -0.39 is 15.9 Å². The Morgan fingerprint density at radius 3 is 2.47 bits per heavy atom. The van der Waals surface area contributed by atoms with Gasteiger partial charge >= 0.3 is 0 Å². The van der Waals surface area contributed by atoms with Gasteiger partial charge in [0.1, 0.15) is 17.1 Å². The number of aryl methyl sites for hydroxylation is 2. The monoisotopic (exact) mass is 611 g/mol. The van der Waals surface area contributed by atoms with E-state index in [-0.39, 0.29) is 41.4 Å². The summed E-state index contributed by atoms with van der Waals surface area (Å²) in [6.45, 7) is 5.68. The molecule has 230 valence electrons. The minimum Gasteiger partial charge on any atom is -0.493 e. The maximum atomic E-state index is 13.9. The van der Waals surface area contributed by atoms with Gasteiger partial charge in [0, 0.05) is 52.7 Å². The number of ether oxygens (including phenoxy) is 1. The van der Waals surface area contributed by atoms with Crippen molar-refractivity contribution in [1.29, 1.82) is 0 Å². The smallest absolute Gasteiger partial charge is 0.280 e. The standard InChI is InChI=1S/C28H37N9O5S/c1-5-7-21-24-25(37(32-21)28-30-10-11-33(28)3)27(39)34(4)26(31-24)20-17-19(8-9-22(20)42-16-6-2)43(40,41)36-14-12-35(13-15-36)18-23(29)38/h8-11,17H,5-7,12-16,18H2,1-4H3,(H2,29,38). The highest BCUT2D eigenvalue weighted by atomic mass is 32.2. The van der Waals surface area contributed by atoms with Crippen molar-refractivity contribution in [3.05, 3.63) is 46.6 Å². The Kier molecular flexibility index (Phi) is 8.66. The number of carbonyl (C=O) groups is 1. The number of primary amides is 1. The number of hydrogen-bond donors (Lipinski definition) is 1. The van der Waals surface area contributed by atoms with Crippen molar-refractivity contribution in [2.24, 2.45) is 19.8 Å². The zero-order valence-electron chi connectivity index (χ0n) is 24.9. The Labute approximate surface area is 249 Å². The number of amides is 1. The van der Waals surface area contributed by atoms with Crippen LogP contribution in [0.15, 0.2) is 40.3 Å². The van der Waals surface area contributed by atoms with Crippen molar-refractivity contribution in [1.82, 2.24) is 38.1 Å². The van der Waals surface area contributed by atoms with Gasteiger partial charge in [-0.05, 0) is 31.0 Å². The summed E-state index contributed by atoms with van der Waals surface area (Å²) in [4.78, 5) is 36.5. The third kappa shape index (κ3) is 5.79. The number of fused-ring (bicyclic) bond motifs is 1. The molecule has 0 unspecified atom stereocenters. The van der Waals surface area contributed by atoms with Gasteiger partial charge in [0.15, 0.2) is 5.52 Å². The fraction of sp³-hybridized carbons (Fsp3) is 0.464. The molecular formula is C28H37N9O5S. The molecule has 1 aromatic carbocycles. The number of nitrogens with two attached hydrogens (primary N) is 1.